The summed E-state index contributed by atoms with van der Waals surface area (Å²) in [5, 5.41) is 13.4. The van der Waals surface area contributed by atoms with Gasteiger partial charge in [0.1, 0.15) is 5.69 Å². The third-order valence-corrected chi connectivity index (χ3v) is 4.67. The Morgan fingerprint density at radius 3 is 2.87 bits per heavy atom. The molecule has 1 aliphatic heterocycles. The van der Waals surface area contributed by atoms with Gasteiger partial charge in [0, 0.05) is 18.5 Å². The summed E-state index contributed by atoms with van der Waals surface area (Å²) in [7, 11) is 0. The maximum Gasteiger partial charge on any atom is 0.268 e. The van der Waals surface area contributed by atoms with Gasteiger partial charge >= 0.3 is 0 Å². The lowest BCUT2D eigenvalue weighted by atomic mass is 9.98. The Kier molecular flexibility index (Phi) is 4.12. The van der Waals surface area contributed by atoms with Gasteiger partial charge in [-0.15, -0.1) is 0 Å². The molecule has 0 saturated carbocycles. The molecule has 2 heterocycles. The molecule has 0 aliphatic carbocycles. The van der Waals surface area contributed by atoms with Crippen LogP contribution >= 0.6 is 0 Å². The van der Waals surface area contributed by atoms with E-state index in [9.17, 15) is 10.1 Å². The highest BCUT2D eigenvalue weighted by Crippen LogP contribution is 2.32. The molecule has 4 nitrogen and oxygen atoms in total. The minimum Gasteiger partial charge on any atom is -0.351 e. The average Bonchev–Trinajstić information content (AvgIpc) is 2.67. The highest BCUT2D eigenvalue weighted by atomic mass is 16.2. The van der Waals surface area contributed by atoms with E-state index < -0.39 is 0 Å². The van der Waals surface area contributed by atoms with Gasteiger partial charge in [-0.2, -0.15) is 5.26 Å². The molecule has 3 rings (SSSR count). The van der Waals surface area contributed by atoms with Crippen LogP contribution in [0.4, 0.5) is 0 Å². The van der Waals surface area contributed by atoms with Crippen LogP contribution in [0.2, 0.25) is 0 Å². The molecule has 120 valence electrons. The number of hydrogen-bond acceptors (Lipinski definition) is 2. The van der Waals surface area contributed by atoms with E-state index in [1.165, 1.54) is 5.56 Å². The monoisotopic (exact) mass is 309 g/mol. The first kappa shape index (κ1) is 15.6. The van der Waals surface area contributed by atoms with Gasteiger partial charge in [-0.1, -0.05) is 13.8 Å². The molecule has 1 aromatic heterocycles. The van der Waals surface area contributed by atoms with Crippen molar-refractivity contribution < 1.29 is 4.79 Å². The topological polar surface area (TPSA) is 57.8 Å². The van der Waals surface area contributed by atoms with Crippen molar-refractivity contribution in [2.75, 3.05) is 6.54 Å². The molecular formula is C19H23N3O. The predicted octanol–water partition coefficient (Wildman–Crippen LogP) is 3.54. The molecule has 23 heavy (non-hydrogen) atoms. The van der Waals surface area contributed by atoms with Crippen LogP contribution < -0.4 is 5.32 Å². The summed E-state index contributed by atoms with van der Waals surface area (Å²) in [6.07, 6.45) is 2.95. The van der Waals surface area contributed by atoms with E-state index in [4.69, 9.17) is 0 Å². The van der Waals surface area contributed by atoms with Gasteiger partial charge in [0.2, 0.25) is 0 Å². The van der Waals surface area contributed by atoms with E-state index in [0.717, 1.165) is 54.5 Å². The van der Waals surface area contributed by atoms with Crippen molar-refractivity contribution in [3.8, 4) is 6.07 Å². The molecule has 2 aromatic rings. The van der Waals surface area contributed by atoms with Crippen molar-refractivity contribution in [2.24, 2.45) is 5.92 Å². The van der Waals surface area contributed by atoms with Crippen molar-refractivity contribution in [3.05, 3.63) is 34.5 Å². The quantitative estimate of drug-likeness (QED) is 0.942. The first-order valence-electron chi connectivity index (χ1n) is 8.37. The lowest BCUT2D eigenvalue weighted by Crippen LogP contribution is -2.23. The highest BCUT2D eigenvalue weighted by Gasteiger charge is 2.24. The molecule has 1 amide bonds. The Balaban J connectivity index is 2.27. The van der Waals surface area contributed by atoms with Gasteiger partial charge in [0.25, 0.3) is 5.91 Å². The fourth-order valence-electron chi connectivity index (χ4n) is 3.48. The summed E-state index contributed by atoms with van der Waals surface area (Å²) in [4.78, 5) is 12.4. The average molecular weight is 309 g/mol. The number of amides is 1. The minimum atomic E-state index is 0.00418. The predicted molar refractivity (Wildman–Crippen MR) is 91.5 cm³/mol. The van der Waals surface area contributed by atoms with Crippen LogP contribution in [0.25, 0.3) is 10.9 Å². The second-order valence-electron chi connectivity index (χ2n) is 6.81. The summed E-state index contributed by atoms with van der Waals surface area (Å²) in [5.41, 5.74) is 4.77. The molecule has 0 atom stereocenters. The fourth-order valence-corrected chi connectivity index (χ4v) is 3.48. The molecular weight excluding hydrogens is 286 g/mol. The molecule has 0 spiro atoms. The third-order valence-electron chi connectivity index (χ3n) is 4.67. The Morgan fingerprint density at radius 1 is 1.39 bits per heavy atom. The Morgan fingerprint density at radius 2 is 2.17 bits per heavy atom. The van der Waals surface area contributed by atoms with Crippen LogP contribution in [0.3, 0.4) is 0 Å². The van der Waals surface area contributed by atoms with Crippen LogP contribution in [0.5, 0.6) is 0 Å². The van der Waals surface area contributed by atoms with Crippen molar-refractivity contribution in [3.63, 3.8) is 0 Å². The van der Waals surface area contributed by atoms with E-state index in [1.807, 2.05) is 19.1 Å². The van der Waals surface area contributed by atoms with E-state index >= 15 is 0 Å². The summed E-state index contributed by atoms with van der Waals surface area (Å²) >= 11 is 0. The minimum absolute atomic E-state index is 0.00418. The summed E-state index contributed by atoms with van der Waals surface area (Å²) in [6, 6.07) is 6.20. The van der Waals surface area contributed by atoms with E-state index in [2.05, 4.69) is 29.8 Å². The lowest BCUT2D eigenvalue weighted by molar-refractivity contribution is 0.0951. The van der Waals surface area contributed by atoms with Crippen molar-refractivity contribution in [2.45, 2.75) is 46.6 Å². The molecule has 0 bridgehead atoms. The second-order valence-corrected chi connectivity index (χ2v) is 6.81. The summed E-state index contributed by atoms with van der Waals surface area (Å²) in [5.74, 6) is 0.614. The van der Waals surface area contributed by atoms with Crippen LogP contribution in [0, 0.1) is 24.2 Å². The molecule has 1 N–H and O–H groups in total. The number of rotatable bonds is 3. The number of nitrogens with one attached hydrogen (secondary N) is 1. The van der Waals surface area contributed by atoms with Crippen LogP contribution in [-0.4, -0.2) is 17.0 Å². The second kappa shape index (κ2) is 6.08. The summed E-state index contributed by atoms with van der Waals surface area (Å²) in [6.45, 7) is 7.98. The number of benzene rings is 1. The zero-order chi connectivity index (χ0) is 16.6. The highest BCUT2D eigenvalue weighted by molar-refractivity contribution is 6.03. The van der Waals surface area contributed by atoms with Gasteiger partial charge in [0.15, 0.2) is 0 Å². The largest absolute Gasteiger partial charge is 0.351 e. The molecule has 0 fully saturated rings. The van der Waals surface area contributed by atoms with Crippen LogP contribution in [-0.2, 0) is 13.0 Å². The van der Waals surface area contributed by atoms with Gasteiger partial charge < -0.3 is 9.88 Å². The smallest absolute Gasteiger partial charge is 0.268 e. The maximum absolute atomic E-state index is 12.4. The van der Waals surface area contributed by atoms with E-state index in [1.54, 1.807) is 0 Å². The van der Waals surface area contributed by atoms with E-state index in [-0.39, 0.29) is 5.91 Å². The SMILES string of the molecule is Cc1c2n(c3c(CCC(C)C)cc(C#N)cc13)CCCNC2=O. The van der Waals surface area contributed by atoms with Crippen molar-refractivity contribution in [1.29, 1.82) is 5.26 Å². The number of nitrogens with zero attached hydrogens (tertiary/aromatic N) is 2. The molecule has 4 heteroatoms. The first-order chi connectivity index (χ1) is 11.0. The summed E-state index contributed by atoms with van der Waals surface area (Å²) < 4.78 is 2.17. The van der Waals surface area contributed by atoms with Gasteiger partial charge in [-0.05, 0) is 55.4 Å². The van der Waals surface area contributed by atoms with Gasteiger partial charge in [-0.25, -0.2) is 0 Å². The van der Waals surface area contributed by atoms with E-state index in [0.29, 0.717) is 11.5 Å². The number of fused-ring (bicyclic) bond motifs is 3. The normalized spacial score (nSPS) is 14.5. The molecule has 0 radical (unpaired) electrons. The standard InChI is InChI=1S/C19H23N3O/c1-12(2)5-6-15-9-14(11-20)10-16-13(3)17-19(23)21-7-4-8-22(17)18(15)16/h9-10,12H,4-8H2,1-3H3,(H,21,23). The number of carbonyl (C=O) groups excluding carboxylic acids is 1. The lowest BCUT2D eigenvalue weighted by Gasteiger charge is -2.11. The maximum atomic E-state index is 12.4. The Bertz CT molecular complexity index is 808. The molecule has 0 saturated heterocycles. The Hall–Kier alpha value is -2.28. The molecule has 1 aromatic carbocycles. The zero-order valence-corrected chi connectivity index (χ0v) is 14.1. The Labute approximate surface area is 137 Å². The molecule has 0 unspecified atom stereocenters. The fraction of sp³-hybridized carbons (Fsp3) is 0.474. The van der Waals surface area contributed by atoms with Crippen molar-refractivity contribution in [1.82, 2.24) is 9.88 Å². The number of hydrogen-bond donors (Lipinski definition) is 1. The number of aromatic nitrogens is 1. The first-order valence-corrected chi connectivity index (χ1v) is 8.37. The third kappa shape index (κ3) is 2.72. The number of aryl methyl sites for hydroxylation is 3. The molecule has 1 aliphatic rings. The number of nitriles is 1. The number of carbonyl (C=O) groups is 1. The van der Waals surface area contributed by atoms with Crippen LogP contribution in [0.1, 0.15) is 53.9 Å². The van der Waals surface area contributed by atoms with Gasteiger partial charge in [0.05, 0.1) is 17.1 Å². The zero-order valence-electron chi connectivity index (χ0n) is 14.1. The van der Waals surface area contributed by atoms with Crippen LogP contribution in [0.15, 0.2) is 12.1 Å². The van der Waals surface area contributed by atoms with Crippen molar-refractivity contribution >= 4 is 16.8 Å². The van der Waals surface area contributed by atoms with Gasteiger partial charge in [-0.3, -0.25) is 4.79 Å².